The second kappa shape index (κ2) is 7.55. The molecule has 1 aromatic carbocycles. The summed E-state index contributed by atoms with van der Waals surface area (Å²) in [7, 11) is 0. The Labute approximate surface area is 159 Å². The molecule has 3 rings (SSSR count). The zero-order chi connectivity index (χ0) is 18.9. The second-order valence-corrected chi connectivity index (χ2v) is 8.14. The lowest BCUT2D eigenvalue weighted by molar-refractivity contribution is -0.0887. The highest BCUT2D eigenvalue weighted by molar-refractivity contribution is 8.00. The lowest BCUT2D eigenvalue weighted by Gasteiger charge is -2.32. The number of amides is 1. The standard InChI is InChI=1S/C16H20FN3O4S2/c17-13-5-10(20-8-11(24-15(20)21)7-19-14(18)25)1-2-12(13)9-3-4-26-16(22,23)6-9/h1-2,5,9,11,22-23H,3-4,6-8H2,(H3,18,19,25)/t9?,11-/m0/s1. The van der Waals surface area contributed by atoms with Crippen LogP contribution in [0, 0.1) is 5.82 Å². The molecule has 0 radical (unpaired) electrons. The van der Waals surface area contributed by atoms with Crippen molar-refractivity contribution in [1.29, 1.82) is 0 Å². The van der Waals surface area contributed by atoms with E-state index in [9.17, 15) is 19.4 Å². The Kier molecular flexibility index (Phi) is 5.56. The number of benzene rings is 1. The number of ether oxygens (including phenoxy) is 1. The van der Waals surface area contributed by atoms with E-state index in [1.165, 1.54) is 11.0 Å². The van der Waals surface area contributed by atoms with Crippen LogP contribution in [0.3, 0.4) is 0 Å². The molecular formula is C16H20FN3O4S2. The minimum Gasteiger partial charge on any atom is -0.442 e. The number of hydrogen-bond donors (Lipinski definition) is 4. The Bertz CT molecular complexity index is 719. The van der Waals surface area contributed by atoms with Crippen LogP contribution in [0.15, 0.2) is 18.2 Å². The van der Waals surface area contributed by atoms with E-state index in [0.29, 0.717) is 23.4 Å². The number of cyclic esters (lactones) is 1. The predicted molar refractivity (Wildman–Crippen MR) is 100 cm³/mol. The van der Waals surface area contributed by atoms with Crippen molar-refractivity contribution in [2.24, 2.45) is 5.73 Å². The minimum absolute atomic E-state index is 0.0619. The molecule has 0 spiro atoms. The summed E-state index contributed by atoms with van der Waals surface area (Å²) in [4.78, 5) is 13.4. The summed E-state index contributed by atoms with van der Waals surface area (Å²) in [5, 5.41) is 20.6. The van der Waals surface area contributed by atoms with Gasteiger partial charge in [-0.2, -0.15) is 0 Å². The summed E-state index contributed by atoms with van der Waals surface area (Å²) >= 11 is 5.77. The molecule has 7 nitrogen and oxygen atoms in total. The molecule has 0 aromatic heterocycles. The summed E-state index contributed by atoms with van der Waals surface area (Å²) in [6, 6.07) is 4.51. The number of aliphatic hydroxyl groups is 2. The Balaban J connectivity index is 1.71. The molecule has 0 aliphatic carbocycles. The smallest absolute Gasteiger partial charge is 0.414 e. The first kappa shape index (κ1) is 19.2. The number of carbonyl (C=O) groups excluding carboxylic acids is 1. The third-order valence-electron chi connectivity index (χ3n) is 4.43. The monoisotopic (exact) mass is 401 g/mol. The van der Waals surface area contributed by atoms with Crippen molar-refractivity contribution < 1.29 is 24.1 Å². The molecule has 5 N–H and O–H groups in total. The Morgan fingerprint density at radius 1 is 1.54 bits per heavy atom. The zero-order valence-electron chi connectivity index (χ0n) is 13.9. The number of nitrogens with one attached hydrogen (secondary N) is 1. The Morgan fingerprint density at radius 2 is 2.31 bits per heavy atom. The van der Waals surface area contributed by atoms with Crippen LogP contribution in [-0.2, 0) is 4.74 Å². The maximum Gasteiger partial charge on any atom is 0.414 e. The van der Waals surface area contributed by atoms with E-state index in [1.54, 1.807) is 12.1 Å². The van der Waals surface area contributed by atoms with Crippen LogP contribution in [-0.4, -0.2) is 51.5 Å². The van der Waals surface area contributed by atoms with E-state index in [4.69, 9.17) is 22.7 Å². The van der Waals surface area contributed by atoms with Crippen molar-refractivity contribution in [2.75, 3.05) is 23.7 Å². The van der Waals surface area contributed by atoms with Gasteiger partial charge in [-0.05, 0) is 48.0 Å². The highest BCUT2D eigenvalue weighted by Crippen LogP contribution is 2.41. The predicted octanol–water partition coefficient (Wildman–Crippen LogP) is 1.23. The maximum atomic E-state index is 14.6. The number of thioether (sulfide) groups is 1. The minimum atomic E-state index is -1.84. The van der Waals surface area contributed by atoms with Crippen LogP contribution in [0.2, 0.25) is 0 Å². The van der Waals surface area contributed by atoms with Crippen LogP contribution >= 0.6 is 24.0 Å². The van der Waals surface area contributed by atoms with E-state index in [-0.39, 0.29) is 30.5 Å². The third-order valence-corrected chi connectivity index (χ3v) is 5.64. The lowest BCUT2D eigenvalue weighted by atomic mass is 9.91. The van der Waals surface area contributed by atoms with Crippen LogP contribution in [0.5, 0.6) is 0 Å². The average molecular weight is 401 g/mol. The van der Waals surface area contributed by atoms with Gasteiger partial charge >= 0.3 is 6.09 Å². The number of nitrogens with two attached hydrogens (primary N) is 1. The number of halogens is 1. The fraction of sp³-hybridized carbons (Fsp3) is 0.500. The molecule has 1 aromatic rings. The molecule has 0 saturated carbocycles. The van der Waals surface area contributed by atoms with E-state index < -0.39 is 23.1 Å². The normalized spacial score (nSPS) is 25.0. The number of nitrogens with zero attached hydrogens (tertiary/aromatic N) is 1. The van der Waals surface area contributed by atoms with E-state index in [1.807, 2.05) is 0 Å². The van der Waals surface area contributed by atoms with Gasteiger partial charge in [0.1, 0.15) is 11.9 Å². The SMILES string of the molecule is NC(=S)NC[C@H]1CN(c2ccc(C3CCSC(O)(O)C3)c(F)c2)C(=O)O1. The summed E-state index contributed by atoms with van der Waals surface area (Å²) < 4.78 is 19.8. The fourth-order valence-electron chi connectivity index (χ4n) is 3.18. The van der Waals surface area contributed by atoms with Gasteiger partial charge in [-0.3, -0.25) is 4.90 Å². The highest BCUT2D eigenvalue weighted by atomic mass is 32.2. The van der Waals surface area contributed by atoms with Crippen molar-refractivity contribution in [3.05, 3.63) is 29.6 Å². The van der Waals surface area contributed by atoms with Gasteiger partial charge < -0.3 is 26.0 Å². The molecule has 10 heteroatoms. The molecule has 1 amide bonds. The Hall–Kier alpha value is -1.62. The number of rotatable bonds is 4. The number of carbonyl (C=O) groups is 1. The van der Waals surface area contributed by atoms with Crippen molar-refractivity contribution in [1.82, 2.24) is 5.32 Å². The molecule has 2 fully saturated rings. The van der Waals surface area contributed by atoms with Gasteiger partial charge in [-0.25, -0.2) is 9.18 Å². The summed E-state index contributed by atoms with van der Waals surface area (Å²) in [5.41, 5.74) is 6.16. The topological polar surface area (TPSA) is 108 Å². The van der Waals surface area contributed by atoms with Crippen molar-refractivity contribution in [2.45, 2.75) is 30.0 Å². The van der Waals surface area contributed by atoms with Gasteiger partial charge in [-0.15, -0.1) is 0 Å². The largest absolute Gasteiger partial charge is 0.442 e. The summed E-state index contributed by atoms with van der Waals surface area (Å²) in [6.45, 7) is 0.538. The third kappa shape index (κ3) is 4.37. The van der Waals surface area contributed by atoms with E-state index >= 15 is 0 Å². The average Bonchev–Trinajstić information content (AvgIpc) is 2.93. The molecule has 2 heterocycles. The molecule has 2 aliphatic rings. The van der Waals surface area contributed by atoms with Crippen molar-refractivity contribution >= 4 is 40.9 Å². The van der Waals surface area contributed by atoms with Crippen molar-refractivity contribution in [3.63, 3.8) is 0 Å². The molecule has 2 atom stereocenters. The van der Waals surface area contributed by atoms with E-state index in [0.717, 1.165) is 11.8 Å². The first-order valence-electron chi connectivity index (χ1n) is 8.15. The van der Waals surface area contributed by atoms with Crippen LogP contribution in [0.25, 0.3) is 0 Å². The van der Waals surface area contributed by atoms with Gasteiger partial charge in [0, 0.05) is 6.42 Å². The number of thiocarbonyl (C=S) groups is 1. The molecule has 142 valence electrons. The lowest BCUT2D eigenvalue weighted by Crippen LogP contribution is -2.37. The van der Waals surface area contributed by atoms with Gasteiger partial charge in [0.2, 0.25) is 5.12 Å². The number of anilines is 1. The zero-order valence-corrected chi connectivity index (χ0v) is 15.5. The van der Waals surface area contributed by atoms with E-state index in [2.05, 4.69) is 5.32 Å². The maximum absolute atomic E-state index is 14.6. The molecular weight excluding hydrogens is 381 g/mol. The first-order valence-corrected chi connectivity index (χ1v) is 9.54. The van der Waals surface area contributed by atoms with Gasteiger partial charge in [0.15, 0.2) is 5.11 Å². The van der Waals surface area contributed by atoms with Crippen LogP contribution in [0.1, 0.15) is 24.3 Å². The molecule has 26 heavy (non-hydrogen) atoms. The summed E-state index contributed by atoms with van der Waals surface area (Å²) in [5.74, 6) is -0.226. The van der Waals surface area contributed by atoms with Crippen LogP contribution in [0.4, 0.5) is 14.9 Å². The Morgan fingerprint density at radius 3 is 2.96 bits per heavy atom. The van der Waals surface area contributed by atoms with Crippen molar-refractivity contribution in [3.8, 4) is 0 Å². The molecule has 2 saturated heterocycles. The van der Waals surface area contributed by atoms with Gasteiger partial charge in [0.05, 0.1) is 18.8 Å². The fourth-order valence-corrected chi connectivity index (χ4v) is 4.31. The van der Waals surface area contributed by atoms with Gasteiger partial charge in [-0.1, -0.05) is 17.8 Å². The summed E-state index contributed by atoms with van der Waals surface area (Å²) in [6.07, 6.45) is -0.286. The van der Waals surface area contributed by atoms with Crippen LogP contribution < -0.4 is 16.0 Å². The van der Waals surface area contributed by atoms with Gasteiger partial charge in [0.25, 0.3) is 0 Å². The highest BCUT2D eigenvalue weighted by Gasteiger charge is 2.36. The first-order chi connectivity index (χ1) is 12.2. The second-order valence-electron chi connectivity index (χ2n) is 6.35. The quantitative estimate of drug-likeness (QED) is 0.441. The number of hydrogen-bond acceptors (Lipinski definition) is 6. The molecule has 1 unspecified atom stereocenters. The molecule has 0 bridgehead atoms. The molecule has 2 aliphatic heterocycles.